The topological polar surface area (TPSA) is 36.1 Å². The van der Waals surface area contributed by atoms with Gasteiger partial charge in [0, 0.05) is 19.8 Å². The van der Waals surface area contributed by atoms with E-state index in [0.29, 0.717) is 5.02 Å². The highest BCUT2D eigenvalue weighted by atomic mass is 35.7. The molecule has 2 nitrogen and oxygen atoms in total. The highest BCUT2D eigenvalue weighted by Gasteiger charge is 2.15. The number of nitriles is 1. The van der Waals surface area contributed by atoms with E-state index in [9.17, 15) is 0 Å². The van der Waals surface area contributed by atoms with Crippen molar-refractivity contribution in [2.75, 3.05) is 0 Å². The van der Waals surface area contributed by atoms with E-state index in [4.69, 9.17) is 27.5 Å². The molecule has 0 N–H and O–H groups in total. The van der Waals surface area contributed by atoms with E-state index in [2.05, 4.69) is 10.4 Å². The molecule has 0 saturated carbocycles. The van der Waals surface area contributed by atoms with E-state index >= 15 is 0 Å². The third-order valence-electron chi connectivity index (χ3n) is 1.59. The van der Waals surface area contributed by atoms with Gasteiger partial charge in [0.1, 0.15) is 5.54 Å². The summed E-state index contributed by atoms with van der Waals surface area (Å²) in [4.78, 5) is 0.865. The Labute approximate surface area is 101 Å². The van der Waals surface area contributed by atoms with Crippen molar-refractivity contribution in [2.24, 2.45) is 4.36 Å². The fourth-order valence-electron chi connectivity index (χ4n) is 0.820. The highest BCUT2D eigenvalue weighted by Crippen LogP contribution is 2.20. The molecular weight excluding hydrogens is 251 g/mol. The van der Waals surface area contributed by atoms with Crippen molar-refractivity contribution in [3.05, 3.63) is 29.3 Å². The van der Waals surface area contributed by atoms with Crippen molar-refractivity contribution in [1.29, 1.82) is 5.26 Å². The second kappa shape index (κ2) is 4.98. The van der Waals surface area contributed by atoms with Gasteiger partial charge in [-0.2, -0.15) is 5.26 Å². The first kappa shape index (κ1) is 12.5. The predicted molar refractivity (Wildman–Crippen MR) is 65.1 cm³/mol. The van der Waals surface area contributed by atoms with Crippen LogP contribution in [0.5, 0.6) is 0 Å². The van der Waals surface area contributed by atoms with E-state index in [1.807, 2.05) is 12.1 Å². The van der Waals surface area contributed by atoms with Crippen molar-refractivity contribution >= 4 is 32.2 Å². The van der Waals surface area contributed by atoms with E-state index in [1.54, 1.807) is 26.0 Å². The molecule has 0 aliphatic carbocycles. The molecule has 1 atom stereocenters. The zero-order valence-corrected chi connectivity index (χ0v) is 10.7. The van der Waals surface area contributed by atoms with Gasteiger partial charge in [0.05, 0.1) is 6.07 Å². The van der Waals surface area contributed by atoms with Crippen LogP contribution in [-0.4, -0.2) is 5.54 Å². The number of nitrogens with zero attached hydrogens (tertiary/aromatic N) is 2. The molecule has 15 heavy (non-hydrogen) atoms. The second-order valence-corrected chi connectivity index (χ2v) is 5.90. The fourth-order valence-corrected chi connectivity index (χ4v) is 2.68. The summed E-state index contributed by atoms with van der Waals surface area (Å²) in [5, 5.41) is 9.47. The summed E-state index contributed by atoms with van der Waals surface area (Å²) < 4.78 is 4.22. The fraction of sp³-hybridized carbons (Fsp3) is 0.300. The number of benzene rings is 1. The van der Waals surface area contributed by atoms with Crippen LogP contribution < -0.4 is 0 Å². The lowest BCUT2D eigenvalue weighted by atomic mass is 10.1. The molecule has 5 heteroatoms. The number of hydrogen-bond donors (Lipinski definition) is 0. The summed E-state index contributed by atoms with van der Waals surface area (Å²) >= 11 is 5.75. The lowest BCUT2D eigenvalue weighted by Gasteiger charge is -2.09. The van der Waals surface area contributed by atoms with E-state index in [-0.39, 0.29) is 0 Å². The zero-order valence-electron chi connectivity index (χ0n) is 8.37. The standard InChI is InChI=1S/C10H10Cl2N2S/c1-10(2,7-13)14-15(12)9-5-3-8(11)4-6-9/h3-6H,1-2H3. The molecule has 0 fully saturated rings. The van der Waals surface area contributed by atoms with E-state index < -0.39 is 15.4 Å². The monoisotopic (exact) mass is 260 g/mol. The Balaban J connectivity index is 3.00. The Morgan fingerprint density at radius 3 is 2.33 bits per heavy atom. The van der Waals surface area contributed by atoms with Crippen LogP contribution in [0.4, 0.5) is 0 Å². The molecule has 80 valence electrons. The molecule has 0 spiro atoms. The van der Waals surface area contributed by atoms with Gasteiger partial charge in [0.2, 0.25) is 0 Å². The molecule has 1 unspecified atom stereocenters. The molecule has 0 radical (unpaired) electrons. The Morgan fingerprint density at radius 2 is 1.87 bits per heavy atom. The van der Waals surface area contributed by atoms with Crippen molar-refractivity contribution in [1.82, 2.24) is 0 Å². The van der Waals surface area contributed by atoms with Gasteiger partial charge in [-0.15, -0.1) is 0 Å². The molecule has 0 heterocycles. The van der Waals surface area contributed by atoms with Crippen molar-refractivity contribution < 1.29 is 0 Å². The summed E-state index contributed by atoms with van der Waals surface area (Å²) in [5.74, 6) is 0. The summed E-state index contributed by atoms with van der Waals surface area (Å²) in [6, 6.07) is 9.23. The first-order valence-corrected chi connectivity index (χ1v) is 6.63. The van der Waals surface area contributed by atoms with Gasteiger partial charge < -0.3 is 0 Å². The van der Waals surface area contributed by atoms with Crippen LogP contribution in [0.25, 0.3) is 0 Å². The van der Waals surface area contributed by atoms with Crippen LogP contribution in [0.3, 0.4) is 0 Å². The summed E-state index contributed by atoms with van der Waals surface area (Å²) in [6.45, 7) is 3.45. The van der Waals surface area contributed by atoms with Crippen molar-refractivity contribution in [3.63, 3.8) is 0 Å². The number of halogens is 2. The van der Waals surface area contributed by atoms with Gasteiger partial charge >= 0.3 is 0 Å². The Morgan fingerprint density at radius 1 is 1.33 bits per heavy atom. The minimum absolute atomic E-state index is 0.659. The Hall–Kier alpha value is -0.560. The maximum atomic E-state index is 8.81. The third kappa shape index (κ3) is 3.83. The Kier molecular flexibility index (Phi) is 4.15. The lowest BCUT2D eigenvalue weighted by molar-refractivity contribution is 0.684. The molecule has 0 bridgehead atoms. The van der Waals surface area contributed by atoms with Gasteiger partial charge in [-0.25, -0.2) is 4.36 Å². The molecule has 0 aromatic heterocycles. The number of rotatable bonds is 2. The molecule has 1 rings (SSSR count). The van der Waals surface area contributed by atoms with Crippen molar-refractivity contribution in [2.45, 2.75) is 24.3 Å². The maximum Gasteiger partial charge on any atom is 0.149 e. The first-order chi connectivity index (χ1) is 6.94. The molecule has 0 aliphatic heterocycles. The van der Waals surface area contributed by atoms with Gasteiger partial charge in [-0.05, 0) is 48.8 Å². The van der Waals surface area contributed by atoms with Crippen LogP contribution in [0, 0.1) is 11.3 Å². The average molecular weight is 261 g/mol. The van der Waals surface area contributed by atoms with Crippen LogP contribution in [0.2, 0.25) is 5.02 Å². The van der Waals surface area contributed by atoms with Gasteiger partial charge in [0.25, 0.3) is 0 Å². The summed E-state index contributed by atoms with van der Waals surface area (Å²) in [7, 11) is 5.29. The van der Waals surface area contributed by atoms with Crippen LogP contribution in [-0.2, 0) is 9.90 Å². The second-order valence-electron chi connectivity index (χ2n) is 3.45. The minimum Gasteiger partial charge on any atom is -0.223 e. The lowest BCUT2D eigenvalue weighted by Crippen LogP contribution is -2.13. The van der Waals surface area contributed by atoms with Gasteiger partial charge in [-0.3, -0.25) is 0 Å². The average Bonchev–Trinajstić information content (AvgIpc) is 2.18. The maximum absolute atomic E-state index is 8.81. The van der Waals surface area contributed by atoms with Crippen LogP contribution in [0.15, 0.2) is 33.5 Å². The first-order valence-electron chi connectivity index (χ1n) is 4.25. The minimum atomic E-state index is -0.795. The largest absolute Gasteiger partial charge is 0.223 e. The van der Waals surface area contributed by atoms with E-state index in [0.717, 1.165) is 4.90 Å². The smallest absolute Gasteiger partial charge is 0.149 e. The van der Waals surface area contributed by atoms with Crippen LogP contribution >= 0.6 is 22.3 Å². The highest BCUT2D eigenvalue weighted by molar-refractivity contribution is 8.10. The predicted octanol–water partition coefficient (Wildman–Crippen LogP) is 3.96. The molecule has 1 aromatic carbocycles. The van der Waals surface area contributed by atoms with Gasteiger partial charge in [-0.1, -0.05) is 11.6 Å². The third-order valence-corrected chi connectivity index (χ3v) is 3.86. The molecule has 0 saturated heterocycles. The number of hydrogen-bond acceptors (Lipinski definition) is 2. The van der Waals surface area contributed by atoms with Crippen molar-refractivity contribution in [3.8, 4) is 6.07 Å². The SMILES string of the molecule is CC(C)(C#N)N=S(Cl)c1ccc(Cl)cc1. The summed E-state index contributed by atoms with van der Waals surface area (Å²) in [6.07, 6.45) is 0. The molecular formula is C10H10Cl2N2S. The van der Waals surface area contributed by atoms with Crippen LogP contribution in [0.1, 0.15) is 13.8 Å². The zero-order chi connectivity index (χ0) is 11.5. The molecule has 0 amide bonds. The van der Waals surface area contributed by atoms with E-state index in [1.165, 1.54) is 0 Å². The summed E-state index contributed by atoms with van der Waals surface area (Å²) in [5.41, 5.74) is -0.759. The Bertz CT molecular complexity index is 418. The molecule has 0 aliphatic rings. The quantitative estimate of drug-likeness (QED) is 0.793. The van der Waals surface area contributed by atoms with Gasteiger partial charge in [0.15, 0.2) is 0 Å². The normalized spacial score (nSPS) is 13.5. The molecule has 1 aromatic rings.